The molecule has 0 amide bonds. The van der Waals surface area contributed by atoms with Crippen molar-refractivity contribution >= 4 is 11.3 Å². The molecular formula is C13H20N2O2S. The van der Waals surface area contributed by atoms with E-state index in [1.54, 1.807) is 18.4 Å². The van der Waals surface area contributed by atoms with Gasteiger partial charge in [0.25, 0.3) is 0 Å². The number of hydrogen-bond acceptors (Lipinski definition) is 5. The van der Waals surface area contributed by atoms with Crippen LogP contribution in [0.15, 0.2) is 12.1 Å². The zero-order valence-corrected chi connectivity index (χ0v) is 11.5. The molecule has 5 heteroatoms. The van der Waals surface area contributed by atoms with Gasteiger partial charge in [-0.3, -0.25) is 4.90 Å². The van der Waals surface area contributed by atoms with Gasteiger partial charge in [-0.05, 0) is 12.1 Å². The minimum absolute atomic E-state index is 0.162. The van der Waals surface area contributed by atoms with Crippen LogP contribution in [0.4, 0.5) is 0 Å². The van der Waals surface area contributed by atoms with Gasteiger partial charge in [0.15, 0.2) is 0 Å². The van der Waals surface area contributed by atoms with Gasteiger partial charge in [-0.25, -0.2) is 0 Å². The first kappa shape index (κ1) is 15.2. The van der Waals surface area contributed by atoms with Crippen molar-refractivity contribution in [2.75, 3.05) is 40.0 Å². The summed E-state index contributed by atoms with van der Waals surface area (Å²) in [6.45, 7) is 3.51. The van der Waals surface area contributed by atoms with E-state index in [4.69, 9.17) is 15.6 Å². The third kappa shape index (κ3) is 5.63. The van der Waals surface area contributed by atoms with Crippen LogP contribution in [0.1, 0.15) is 9.75 Å². The summed E-state index contributed by atoms with van der Waals surface area (Å²) in [5, 5.41) is 9.02. The zero-order valence-electron chi connectivity index (χ0n) is 10.7. The van der Waals surface area contributed by atoms with Crippen LogP contribution >= 0.6 is 11.3 Å². The normalized spacial score (nSPS) is 10.4. The summed E-state index contributed by atoms with van der Waals surface area (Å²) >= 11 is 1.67. The van der Waals surface area contributed by atoms with E-state index in [0.717, 1.165) is 18.0 Å². The summed E-state index contributed by atoms with van der Waals surface area (Å²) in [6.07, 6.45) is 0. The molecule has 0 aromatic carbocycles. The van der Waals surface area contributed by atoms with Gasteiger partial charge >= 0.3 is 0 Å². The molecule has 0 saturated heterocycles. The highest BCUT2D eigenvalue weighted by molar-refractivity contribution is 7.12. The number of methoxy groups -OCH3 is 1. The van der Waals surface area contributed by atoms with E-state index >= 15 is 0 Å². The van der Waals surface area contributed by atoms with E-state index in [1.807, 2.05) is 6.07 Å². The number of nitrogens with zero attached hydrogens (tertiary/aromatic N) is 1. The van der Waals surface area contributed by atoms with Crippen molar-refractivity contribution in [2.24, 2.45) is 5.73 Å². The largest absolute Gasteiger partial charge is 0.395 e. The number of ether oxygens (including phenoxy) is 1. The molecule has 0 fully saturated rings. The van der Waals surface area contributed by atoms with Gasteiger partial charge in [-0.1, -0.05) is 11.8 Å². The molecule has 0 spiro atoms. The molecule has 0 bridgehead atoms. The summed E-state index contributed by atoms with van der Waals surface area (Å²) in [7, 11) is 1.68. The molecule has 0 unspecified atom stereocenters. The number of aliphatic hydroxyl groups is 1. The molecule has 18 heavy (non-hydrogen) atoms. The molecule has 0 aliphatic rings. The SMILES string of the molecule is COCCN(CCO)Cc1ccc(C#CCN)s1. The van der Waals surface area contributed by atoms with E-state index < -0.39 is 0 Å². The Morgan fingerprint density at radius 3 is 2.94 bits per heavy atom. The number of thiophene rings is 1. The summed E-state index contributed by atoms with van der Waals surface area (Å²) in [4.78, 5) is 4.43. The lowest BCUT2D eigenvalue weighted by Crippen LogP contribution is -2.29. The molecule has 0 aliphatic heterocycles. The van der Waals surface area contributed by atoms with Crippen LogP contribution in [0, 0.1) is 11.8 Å². The Kier molecular flexibility index (Phi) is 7.65. The number of nitrogens with two attached hydrogens (primary N) is 1. The van der Waals surface area contributed by atoms with E-state index in [2.05, 4.69) is 22.8 Å². The summed E-state index contributed by atoms with van der Waals surface area (Å²) in [5.41, 5.74) is 5.34. The van der Waals surface area contributed by atoms with Gasteiger partial charge < -0.3 is 15.6 Å². The zero-order chi connectivity index (χ0) is 13.2. The summed E-state index contributed by atoms with van der Waals surface area (Å²) in [5.74, 6) is 5.87. The van der Waals surface area contributed by atoms with E-state index in [0.29, 0.717) is 19.7 Å². The first-order chi connectivity index (χ1) is 8.80. The standard InChI is InChI=1S/C13H20N2O2S/c1-17-10-8-15(7-9-16)11-13-5-4-12(18-13)3-2-6-14/h4-5,16H,6-11,14H2,1H3. The fourth-order valence-electron chi connectivity index (χ4n) is 1.52. The van der Waals surface area contributed by atoms with Gasteiger partial charge in [-0.2, -0.15) is 0 Å². The molecule has 3 N–H and O–H groups in total. The van der Waals surface area contributed by atoms with Crippen molar-refractivity contribution in [2.45, 2.75) is 6.54 Å². The molecule has 4 nitrogen and oxygen atoms in total. The quantitative estimate of drug-likeness (QED) is 0.707. The highest BCUT2D eigenvalue weighted by Crippen LogP contribution is 2.17. The smallest absolute Gasteiger partial charge is 0.0772 e. The molecule has 1 aromatic rings. The lowest BCUT2D eigenvalue weighted by atomic mass is 10.3. The van der Waals surface area contributed by atoms with E-state index in [-0.39, 0.29) is 6.61 Å². The molecule has 1 rings (SSSR count). The van der Waals surface area contributed by atoms with Crippen LogP contribution in [0.25, 0.3) is 0 Å². The molecule has 0 atom stereocenters. The van der Waals surface area contributed by atoms with Crippen molar-refractivity contribution in [3.63, 3.8) is 0 Å². The maximum Gasteiger partial charge on any atom is 0.0772 e. The summed E-state index contributed by atoms with van der Waals surface area (Å²) < 4.78 is 5.06. The molecule has 100 valence electrons. The van der Waals surface area contributed by atoms with Crippen molar-refractivity contribution in [3.05, 3.63) is 21.9 Å². The molecule has 1 aromatic heterocycles. The van der Waals surface area contributed by atoms with Crippen LogP contribution in [-0.2, 0) is 11.3 Å². The second-order valence-electron chi connectivity index (χ2n) is 3.76. The predicted octanol–water partition coefficient (Wildman–Crippen LogP) is 0.499. The maximum absolute atomic E-state index is 9.02. The van der Waals surface area contributed by atoms with Crippen molar-refractivity contribution in [1.29, 1.82) is 0 Å². The summed E-state index contributed by atoms with van der Waals surface area (Å²) in [6, 6.07) is 4.08. The fraction of sp³-hybridized carbons (Fsp3) is 0.538. The van der Waals surface area contributed by atoms with Crippen molar-refractivity contribution in [3.8, 4) is 11.8 Å². The van der Waals surface area contributed by atoms with Gasteiger partial charge in [0.2, 0.25) is 0 Å². The number of hydrogen-bond donors (Lipinski definition) is 2. The van der Waals surface area contributed by atoms with Crippen molar-refractivity contribution in [1.82, 2.24) is 4.90 Å². The van der Waals surface area contributed by atoms with Gasteiger partial charge in [0, 0.05) is 31.6 Å². The van der Waals surface area contributed by atoms with Crippen LogP contribution < -0.4 is 5.73 Å². The maximum atomic E-state index is 9.02. The van der Waals surface area contributed by atoms with Crippen LogP contribution in [-0.4, -0.2) is 50.0 Å². The van der Waals surface area contributed by atoms with Gasteiger partial charge in [0.05, 0.1) is 24.6 Å². The third-order valence-electron chi connectivity index (χ3n) is 2.38. The Hall–Kier alpha value is -0.900. The number of rotatable bonds is 7. The average molecular weight is 268 g/mol. The van der Waals surface area contributed by atoms with Gasteiger partial charge in [0.1, 0.15) is 0 Å². The molecule has 0 radical (unpaired) electrons. The molecule has 1 heterocycles. The Morgan fingerprint density at radius 1 is 1.44 bits per heavy atom. The third-order valence-corrected chi connectivity index (χ3v) is 3.37. The number of aliphatic hydroxyl groups excluding tert-OH is 1. The lowest BCUT2D eigenvalue weighted by molar-refractivity contribution is 0.127. The predicted molar refractivity (Wildman–Crippen MR) is 74.5 cm³/mol. The molecular weight excluding hydrogens is 248 g/mol. The molecule has 0 saturated carbocycles. The van der Waals surface area contributed by atoms with Crippen LogP contribution in [0.3, 0.4) is 0 Å². The van der Waals surface area contributed by atoms with Crippen LogP contribution in [0.2, 0.25) is 0 Å². The lowest BCUT2D eigenvalue weighted by Gasteiger charge is -2.19. The minimum atomic E-state index is 0.162. The topological polar surface area (TPSA) is 58.7 Å². The minimum Gasteiger partial charge on any atom is -0.395 e. The first-order valence-electron chi connectivity index (χ1n) is 5.90. The van der Waals surface area contributed by atoms with Gasteiger partial charge in [-0.15, -0.1) is 11.3 Å². The first-order valence-corrected chi connectivity index (χ1v) is 6.71. The Morgan fingerprint density at radius 2 is 2.28 bits per heavy atom. The Bertz CT molecular complexity index is 395. The van der Waals surface area contributed by atoms with E-state index in [9.17, 15) is 0 Å². The van der Waals surface area contributed by atoms with E-state index in [1.165, 1.54) is 4.88 Å². The second-order valence-corrected chi connectivity index (χ2v) is 4.93. The Labute approximate surface area is 112 Å². The average Bonchev–Trinajstić information content (AvgIpc) is 2.81. The Balaban J connectivity index is 2.54. The highest BCUT2D eigenvalue weighted by Gasteiger charge is 2.07. The van der Waals surface area contributed by atoms with Crippen molar-refractivity contribution < 1.29 is 9.84 Å². The fourth-order valence-corrected chi connectivity index (χ4v) is 2.45. The molecule has 0 aliphatic carbocycles. The van der Waals surface area contributed by atoms with Crippen LogP contribution in [0.5, 0.6) is 0 Å². The second kappa shape index (κ2) is 9.09. The monoisotopic (exact) mass is 268 g/mol. The highest BCUT2D eigenvalue weighted by atomic mass is 32.1.